The van der Waals surface area contributed by atoms with Gasteiger partial charge in [-0.1, -0.05) is 23.7 Å². The molecule has 0 aliphatic carbocycles. The van der Waals surface area contributed by atoms with Crippen molar-refractivity contribution in [2.24, 2.45) is 7.05 Å². The lowest BCUT2D eigenvalue weighted by Crippen LogP contribution is -2.54. The van der Waals surface area contributed by atoms with Crippen LogP contribution in [0.15, 0.2) is 54.6 Å². The second-order valence-electron chi connectivity index (χ2n) is 13.1. The standard InChI is InChI=1S/C38H32ClF6N5O9/c1-49-25(17-28(48-49)38(43,44)45)20-7-10-27(31(33(20)53)19-6-8-23(39)22(16-19)37(40,41)42)58-14-3-13-57-15-12-46-30(52)18-59-26-5-2-4-21-32(26)36(56)50(35(21)55)24-9-11-29(51)47-34(24)54/h2,4-8,10,16-17,24,53H,3,9,11-15,18H2,1H3,(H,46,52)(H,47,51,54). The molecule has 2 aliphatic rings. The van der Waals surface area contributed by atoms with E-state index in [2.05, 4.69) is 15.7 Å². The van der Waals surface area contributed by atoms with Crippen molar-refractivity contribution in [1.29, 1.82) is 0 Å². The molecule has 21 heteroatoms. The number of phenols is 1. The predicted octanol–water partition coefficient (Wildman–Crippen LogP) is 5.53. The fourth-order valence-electron chi connectivity index (χ4n) is 6.44. The normalized spacial score (nSPS) is 15.7. The molecule has 3 aromatic carbocycles. The van der Waals surface area contributed by atoms with Gasteiger partial charge in [-0.15, -0.1) is 0 Å². The first-order chi connectivity index (χ1) is 27.9. The van der Waals surface area contributed by atoms with E-state index in [1.807, 2.05) is 0 Å². The van der Waals surface area contributed by atoms with E-state index in [4.69, 9.17) is 25.8 Å². The van der Waals surface area contributed by atoms with Crippen LogP contribution in [0.5, 0.6) is 17.2 Å². The minimum absolute atomic E-state index is 0.0202. The Hall–Kier alpha value is -6.15. The molecule has 0 radical (unpaired) electrons. The van der Waals surface area contributed by atoms with Gasteiger partial charge in [-0.25, -0.2) is 0 Å². The number of aryl methyl sites for hydroxylation is 1. The highest BCUT2D eigenvalue weighted by atomic mass is 35.5. The number of ether oxygens (including phenoxy) is 3. The van der Waals surface area contributed by atoms with Gasteiger partial charge in [0.05, 0.1) is 46.2 Å². The lowest BCUT2D eigenvalue weighted by atomic mass is 9.97. The summed E-state index contributed by atoms with van der Waals surface area (Å²) in [4.78, 5) is 63.4. The molecule has 59 heavy (non-hydrogen) atoms. The summed E-state index contributed by atoms with van der Waals surface area (Å²) in [5, 5.41) is 18.8. The van der Waals surface area contributed by atoms with Gasteiger partial charge in [0.25, 0.3) is 17.7 Å². The lowest BCUT2D eigenvalue weighted by molar-refractivity contribution is -0.141. The molecule has 14 nitrogen and oxygen atoms in total. The molecule has 1 atom stereocenters. The minimum atomic E-state index is -4.87. The number of carbonyl (C=O) groups is 5. The summed E-state index contributed by atoms with van der Waals surface area (Å²) in [6.45, 7) is -0.495. The van der Waals surface area contributed by atoms with Gasteiger partial charge in [0.1, 0.15) is 23.3 Å². The number of imide groups is 2. The average Bonchev–Trinajstić information content (AvgIpc) is 3.68. The molecule has 0 bridgehead atoms. The summed E-state index contributed by atoms with van der Waals surface area (Å²) >= 11 is 5.80. The van der Waals surface area contributed by atoms with Gasteiger partial charge in [0, 0.05) is 38.6 Å². The van der Waals surface area contributed by atoms with Gasteiger partial charge < -0.3 is 24.6 Å². The number of aromatic hydroxyl groups is 1. The van der Waals surface area contributed by atoms with Crippen molar-refractivity contribution in [2.45, 2.75) is 37.7 Å². The van der Waals surface area contributed by atoms with Crippen molar-refractivity contribution >= 4 is 41.1 Å². The number of halogens is 7. The predicted molar refractivity (Wildman–Crippen MR) is 193 cm³/mol. The number of alkyl halides is 6. The topological polar surface area (TPSA) is 178 Å². The monoisotopic (exact) mass is 851 g/mol. The molecule has 4 aromatic rings. The van der Waals surface area contributed by atoms with Crippen LogP contribution in [0.4, 0.5) is 26.3 Å². The van der Waals surface area contributed by atoms with Gasteiger partial charge >= 0.3 is 12.4 Å². The Labute approximate surface area is 335 Å². The van der Waals surface area contributed by atoms with Gasteiger partial charge in [-0.2, -0.15) is 31.4 Å². The molecule has 1 unspecified atom stereocenters. The van der Waals surface area contributed by atoms with Gasteiger partial charge in [0.15, 0.2) is 12.3 Å². The third-order valence-electron chi connectivity index (χ3n) is 9.19. The number of hydrogen-bond donors (Lipinski definition) is 3. The van der Waals surface area contributed by atoms with Crippen LogP contribution in [-0.2, 0) is 38.5 Å². The molecular weight excluding hydrogens is 820 g/mol. The number of carbonyl (C=O) groups excluding carboxylic acids is 5. The fraction of sp³-hybridized carbons (Fsp3) is 0.316. The van der Waals surface area contributed by atoms with Crippen molar-refractivity contribution in [3.05, 3.63) is 82.0 Å². The number of benzene rings is 3. The third kappa shape index (κ3) is 9.12. The lowest BCUT2D eigenvalue weighted by Gasteiger charge is -2.27. The molecule has 3 heterocycles. The number of nitrogens with zero attached hydrogens (tertiary/aromatic N) is 3. The summed E-state index contributed by atoms with van der Waals surface area (Å²) in [6, 6.07) is 9.11. The summed E-state index contributed by atoms with van der Waals surface area (Å²) in [7, 11) is 1.21. The van der Waals surface area contributed by atoms with E-state index in [0.717, 1.165) is 15.6 Å². The van der Waals surface area contributed by atoms with E-state index in [0.29, 0.717) is 12.1 Å². The number of rotatable bonds is 14. The van der Waals surface area contributed by atoms with Crippen molar-refractivity contribution < 1.29 is 69.6 Å². The highest BCUT2D eigenvalue weighted by Crippen LogP contribution is 2.47. The van der Waals surface area contributed by atoms with Crippen molar-refractivity contribution in [3.8, 4) is 39.6 Å². The molecule has 5 amide bonds. The van der Waals surface area contributed by atoms with Crippen LogP contribution in [0.2, 0.25) is 5.02 Å². The highest BCUT2D eigenvalue weighted by Gasteiger charge is 2.46. The average molecular weight is 852 g/mol. The number of piperidine rings is 1. The van der Waals surface area contributed by atoms with E-state index in [1.165, 1.54) is 43.4 Å². The van der Waals surface area contributed by atoms with Gasteiger partial charge in [0.2, 0.25) is 11.8 Å². The summed E-state index contributed by atoms with van der Waals surface area (Å²) in [5.41, 5.74) is -3.36. The second-order valence-corrected chi connectivity index (χ2v) is 13.5. The molecule has 2 aliphatic heterocycles. The number of phenolic OH excluding ortho intramolecular Hbond substituents is 1. The Morgan fingerprint density at radius 3 is 2.36 bits per heavy atom. The Morgan fingerprint density at radius 1 is 0.915 bits per heavy atom. The second kappa shape index (κ2) is 17.0. The first kappa shape index (κ1) is 42.5. The molecule has 3 N–H and O–H groups in total. The number of aromatic nitrogens is 2. The number of fused-ring (bicyclic) bond motifs is 1. The van der Waals surface area contributed by atoms with Crippen LogP contribution in [0.25, 0.3) is 22.4 Å². The molecule has 1 fully saturated rings. The van der Waals surface area contributed by atoms with Crippen molar-refractivity contribution in [3.63, 3.8) is 0 Å². The largest absolute Gasteiger partial charge is 0.506 e. The van der Waals surface area contributed by atoms with E-state index < -0.39 is 76.6 Å². The zero-order valence-corrected chi connectivity index (χ0v) is 31.4. The van der Waals surface area contributed by atoms with Crippen molar-refractivity contribution in [1.82, 2.24) is 25.3 Å². The Balaban J connectivity index is 1.02. The van der Waals surface area contributed by atoms with Crippen LogP contribution < -0.4 is 20.1 Å². The van der Waals surface area contributed by atoms with Crippen LogP contribution in [0, 0.1) is 0 Å². The molecule has 1 saturated heterocycles. The molecule has 312 valence electrons. The zero-order valence-electron chi connectivity index (χ0n) is 30.6. The van der Waals surface area contributed by atoms with Crippen LogP contribution in [0.3, 0.4) is 0 Å². The Morgan fingerprint density at radius 2 is 1.66 bits per heavy atom. The number of nitrogens with one attached hydrogen (secondary N) is 2. The van der Waals surface area contributed by atoms with E-state index in [1.54, 1.807) is 0 Å². The van der Waals surface area contributed by atoms with E-state index in [9.17, 15) is 55.4 Å². The smallest absolute Gasteiger partial charge is 0.435 e. The van der Waals surface area contributed by atoms with Crippen molar-refractivity contribution in [2.75, 3.05) is 33.0 Å². The molecule has 0 spiro atoms. The fourth-order valence-corrected chi connectivity index (χ4v) is 6.67. The molecular formula is C38H32ClF6N5O9. The van der Waals surface area contributed by atoms with Crippen LogP contribution in [0.1, 0.15) is 51.2 Å². The maximum atomic E-state index is 13.8. The first-order valence-corrected chi connectivity index (χ1v) is 18.0. The molecule has 1 aromatic heterocycles. The zero-order chi connectivity index (χ0) is 42.8. The van der Waals surface area contributed by atoms with E-state index >= 15 is 0 Å². The highest BCUT2D eigenvalue weighted by molar-refractivity contribution is 6.31. The maximum Gasteiger partial charge on any atom is 0.435 e. The minimum Gasteiger partial charge on any atom is -0.506 e. The molecule has 0 saturated carbocycles. The SMILES string of the molecule is Cn1nc(C(F)(F)F)cc1-c1ccc(OCCCOCCNC(=O)COc2cccc3c2C(=O)N(C2CCC(=O)NC2=O)C3=O)c(-c2ccc(Cl)c(C(F)(F)F)c2)c1O. The summed E-state index contributed by atoms with van der Waals surface area (Å²) < 4.78 is 99.1. The summed E-state index contributed by atoms with van der Waals surface area (Å²) in [6.07, 6.45) is -9.55. The van der Waals surface area contributed by atoms with Gasteiger partial charge in [-0.3, -0.25) is 38.9 Å². The van der Waals surface area contributed by atoms with Gasteiger partial charge in [-0.05, 0) is 54.4 Å². The molecule has 6 rings (SSSR count). The van der Waals surface area contributed by atoms with Crippen LogP contribution in [-0.4, -0.2) is 88.3 Å². The quantitative estimate of drug-likeness (QED) is 0.0830. The Bertz CT molecular complexity index is 2330. The number of hydrogen-bond acceptors (Lipinski definition) is 10. The Kier molecular flexibility index (Phi) is 12.2. The first-order valence-electron chi connectivity index (χ1n) is 17.7. The summed E-state index contributed by atoms with van der Waals surface area (Å²) in [5.74, 6) is -4.24. The maximum absolute atomic E-state index is 13.8. The van der Waals surface area contributed by atoms with E-state index in [-0.39, 0.29) is 90.6 Å². The number of amides is 5. The van der Waals surface area contributed by atoms with Crippen LogP contribution >= 0.6 is 11.6 Å². The third-order valence-corrected chi connectivity index (χ3v) is 9.52.